The summed E-state index contributed by atoms with van der Waals surface area (Å²) in [5, 5.41) is 2.22. The maximum Gasteiger partial charge on any atom is 0.367 e. The van der Waals surface area contributed by atoms with Gasteiger partial charge in [-0.05, 0) is 49.4 Å². The number of aromatic nitrogens is 1. The van der Waals surface area contributed by atoms with Crippen LogP contribution in [0.4, 0.5) is 0 Å². The molecule has 1 saturated heterocycles. The zero-order valence-corrected chi connectivity index (χ0v) is 18.1. The highest BCUT2D eigenvalue weighted by atomic mass is 32.2. The van der Waals surface area contributed by atoms with Crippen molar-refractivity contribution in [3.05, 3.63) is 45.4 Å². The Hall–Kier alpha value is -1.81. The summed E-state index contributed by atoms with van der Waals surface area (Å²) in [6, 6.07) is 5.57. The Kier molecular flexibility index (Phi) is 6.00. The molecule has 1 fully saturated rings. The number of hydrogen-bond acceptors (Lipinski definition) is 7. The van der Waals surface area contributed by atoms with Gasteiger partial charge in [-0.25, -0.2) is 18.2 Å². The molecule has 0 unspecified atom stereocenters. The second kappa shape index (κ2) is 8.51. The summed E-state index contributed by atoms with van der Waals surface area (Å²) in [5.41, 5.74) is 3.26. The van der Waals surface area contributed by atoms with Gasteiger partial charge in [-0.2, -0.15) is 4.31 Å². The number of carbonyl (C=O) groups is 1. The van der Waals surface area contributed by atoms with Gasteiger partial charge >= 0.3 is 5.97 Å². The third kappa shape index (κ3) is 4.37. The zero-order chi connectivity index (χ0) is 20.4. The predicted molar refractivity (Wildman–Crippen MR) is 111 cm³/mol. The first kappa shape index (κ1) is 20.5. The van der Waals surface area contributed by atoms with Crippen molar-refractivity contribution >= 4 is 27.3 Å². The van der Waals surface area contributed by atoms with Crippen molar-refractivity contribution in [1.82, 2.24) is 14.2 Å². The lowest BCUT2D eigenvalue weighted by atomic mass is 10.1. The van der Waals surface area contributed by atoms with E-state index in [1.165, 1.54) is 22.5 Å². The van der Waals surface area contributed by atoms with Crippen LogP contribution in [0.25, 0.3) is 0 Å². The van der Waals surface area contributed by atoms with E-state index in [1.807, 2.05) is 17.5 Å². The second-order valence-corrected chi connectivity index (χ2v) is 10.1. The Balaban J connectivity index is 1.36. The third-order valence-electron chi connectivity index (χ3n) is 5.43. The molecule has 4 rings (SSSR count). The fourth-order valence-corrected chi connectivity index (χ4v) is 6.05. The molecular formula is C20H25N3O4S2. The van der Waals surface area contributed by atoms with Gasteiger partial charge in [0.25, 0.3) is 0 Å². The third-order valence-corrected chi connectivity index (χ3v) is 8.19. The van der Waals surface area contributed by atoms with Gasteiger partial charge < -0.3 is 4.74 Å². The van der Waals surface area contributed by atoms with Crippen LogP contribution in [0, 0.1) is 0 Å². The van der Waals surface area contributed by atoms with E-state index in [1.54, 1.807) is 17.3 Å². The van der Waals surface area contributed by atoms with Gasteiger partial charge in [-0.1, -0.05) is 6.07 Å². The number of hydrogen-bond donors (Lipinski definition) is 0. The molecule has 0 atom stereocenters. The molecule has 0 spiro atoms. The van der Waals surface area contributed by atoms with Crippen molar-refractivity contribution in [2.75, 3.05) is 32.8 Å². The molecule has 0 bridgehead atoms. The van der Waals surface area contributed by atoms with E-state index in [-0.39, 0.29) is 0 Å². The van der Waals surface area contributed by atoms with Crippen LogP contribution in [0.2, 0.25) is 0 Å². The van der Waals surface area contributed by atoms with Gasteiger partial charge in [0.15, 0.2) is 0 Å². The number of benzene rings is 1. The smallest absolute Gasteiger partial charge is 0.367 e. The quantitative estimate of drug-likeness (QED) is 0.648. The summed E-state index contributed by atoms with van der Waals surface area (Å²) in [6.07, 6.45) is 3.11. The maximum absolute atomic E-state index is 13.0. The zero-order valence-electron chi connectivity index (χ0n) is 16.5. The maximum atomic E-state index is 13.0. The highest BCUT2D eigenvalue weighted by molar-refractivity contribution is 7.89. The van der Waals surface area contributed by atoms with Crippen LogP contribution in [0.15, 0.2) is 28.5 Å². The SMILES string of the molecule is CCOC(=O)c1nc(CN2CCN(S(=O)(=O)c3ccc4c(c3)CCC4)CC2)cs1. The van der Waals surface area contributed by atoms with Crippen molar-refractivity contribution in [2.45, 2.75) is 37.6 Å². The fourth-order valence-electron chi connectivity index (χ4n) is 3.88. The molecule has 156 valence electrons. The number of sulfonamides is 1. The summed E-state index contributed by atoms with van der Waals surface area (Å²) < 4.78 is 32.6. The van der Waals surface area contributed by atoms with Crippen LogP contribution >= 0.6 is 11.3 Å². The van der Waals surface area contributed by atoms with E-state index in [0.29, 0.717) is 49.2 Å². The minimum Gasteiger partial charge on any atom is -0.461 e. The van der Waals surface area contributed by atoms with Gasteiger partial charge in [0.2, 0.25) is 15.0 Å². The number of ether oxygens (including phenoxy) is 1. The Morgan fingerprint density at radius 1 is 1.17 bits per heavy atom. The summed E-state index contributed by atoms with van der Waals surface area (Å²) in [6.45, 7) is 4.87. The number of aryl methyl sites for hydroxylation is 2. The summed E-state index contributed by atoms with van der Waals surface area (Å²) in [4.78, 5) is 18.7. The average molecular weight is 436 g/mol. The largest absolute Gasteiger partial charge is 0.461 e. The lowest BCUT2D eigenvalue weighted by molar-refractivity contribution is 0.0525. The second-order valence-electron chi connectivity index (χ2n) is 7.33. The average Bonchev–Trinajstić information content (AvgIpc) is 3.37. The number of nitrogens with zero attached hydrogens (tertiary/aromatic N) is 3. The molecule has 1 aliphatic heterocycles. The molecule has 0 radical (unpaired) electrons. The van der Waals surface area contributed by atoms with E-state index in [4.69, 9.17) is 4.74 Å². The molecule has 9 heteroatoms. The highest BCUT2D eigenvalue weighted by Crippen LogP contribution is 2.27. The van der Waals surface area contributed by atoms with E-state index in [2.05, 4.69) is 9.88 Å². The van der Waals surface area contributed by atoms with Crippen LogP contribution in [0.1, 0.15) is 40.0 Å². The van der Waals surface area contributed by atoms with E-state index in [9.17, 15) is 13.2 Å². The van der Waals surface area contributed by atoms with Crippen LogP contribution in [-0.2, 0) is 34.1 Å². The van der Waals surface area contributed by atoms with Crippen LogP contribution in [-0.4, -0.2) is 61.4 Å². The van der Waals surface area contributed by atoms with Crippen LogP contribution in [0.5, 0.6) is 0 Å². The Morgan fingerprint density at radius 2 is 1.93 bits per heavy atom. The van der Waals surface area contributed by atoms with Gasteiger partial charge in [0.1, 0.15) is 0 Å². The number of fused-ring (bicyclic) bond motifs is 1. The molecule has 0 N–H and O–H groups in total. The molecule has 2 aliphatic rings. The number of thiazole rings is 1. The first-order valence-corrected chi connectivity index (χ1v) is 12.2. The monoisotopic (exact) mass is 435 g/mol. The van der Waals surface area contributed by atoms with Crippen molar-refractivity contribution < 1.29 is 17.9 Å². The summed E-state index contributed by atoms with van der Waals surface area (Å²) in [5.74, 6) is -0.394. The van der Waals surface area contributed by atoms with Crippen molar-refractivity contribution in [2.24, 2.45) is 0 Å². The van der Waals surface area contributed by atoms with Crippen LogP contribution < -0.4 is 0 Å². The van der Waals surface area contributed by atoms with Gasteiger partial charge in [0.05, 0.1) is 17.2 Å². The van der Waals surface area contributed by atoms with Gasteiger partial charge in [-0.3, -0.25) is 4.90 Å². The molecule has 2 heterocycles. The summed E-state index contributed by atoms with van der Waals surface area (Å²) in [7, 11) is -3.46. The molecule has 1 aromatic carbocycles. The van der Waals surface area contributed by atoms with Crippen molar-refractivity contribution in [3.63, 3.8) is 0 Å². The standard InChI is InChI=1S/C20H25N3O4S2/c1-2-27-20(24)19-21-17(14-28-19)13-22-8-10-23(11-9-22)29(25,26)18-7-6-15-4-3-5-16(15)12-18/h6-7,12,14H,2-5,8-11,13H2,1H3. The van der Waals surface area contributed by atoms with Crippen molar-refractivity contribution in [3.8, 4) is 0 Å². The molecular weight excluding hydrogens is 410 g/mol. The minimum absolute atomic E-state index is 0.328. The number of rotatable bonds is 6. The lowest BCUT2D eigenvalue weighted by Gasteiger charge is -2.33. The molecule has 0 saturated carbocycles. The first-order chi connectivity index (χ1) is 14.0. The normalized spacial score (nSPS) is 18.0. The predicted octanol–water partition coefficient (Wildman–Crippen LogP) is 2.32. The Labute approximate surface area is 175 Å². The van der Waals surface area contributed by atoms with Crippen molar-refractivity contribution in [1.29, 1.82) is 0 Å². The molecule has 2 aromatic rings. The molecule has 1 aromatic heterocycles. The molecule has 29 heavy (non-hydrogen) atoms. The summed E-state index contributed by atoms with van der Waals surface area (Å²) >= 11 is 1.28. The number of esters is 1. The number of carbonyl (C=O) groups excluding carboxylic acids is 1. The van der Waals surface area contributed by atoms with E-state index in [0.717, 1.165) is 25.0 Å². The molecule has 7 nitrogen and oxygen atoms in total. The highest BCUT2D eigenvalue weighted by Gasteiger charge is 2.29. The van der Waals surface area contributed by atoms with E-state index < -0.39 is 16.0 Å². The van der Waals surface area contributed by atoms with Crippen LogP contribution in [0.3, 0.4) is 0 Å². The topological polar surface area (TPSA) is 79.8 Å². The first-order valence-electron chi connectivity index (χ1n) is 9.93. The van der Waals surface area contributed by atoms with E-state index >= 15 is 0 Å². The lowest BCUT2D eigenvalue weighted by Crippen LogP contribution is -2.48. The molecule has 0 amide bonds. The molecule has 1 aliphatic carbocycles. The Bertz CT molecular complexity index is 995. The van der Waals surface area contributed by atoms with Gasteiger partial charge in [-0.15, -0.1) is 11.3 Å². The fraction of sp³-hybridized carbons (Fsp3) is 0.500. The van der Waals surface area contributed by atoms with Gasteiger partial charge in [0, 0.05) is 38.1 Å². The minimum atomic E-state index is -3.46. The Morgan fingerprint density at radius 3 is 2.69 bits per heavy atom. The number of piperazine rings is 1.